The van der Waals surface area contributed by atoms with E-state index < -0.39 is 5.66 Å². The van der Waals surface area contributed by atoms with Crippen LogP contribution in [-0.4, -0.2) is 17.2 Å². The van der Waals surface area contributed by atoms with Gasteiger partial charge in [0.15, 0.2) is 0 Å². The van der Waals surface area contributed by atoms with Crippen LogP contribution >= 0.6 is 0 Å². The van der Waals surface area contributed by atoms with Crippen LogP contribution in [0.4, 0.5) is 5.69 Å². The SMILES string of the molecule is Cc1ccccc1N1C2=C(NC1(C)C)C(=O)c1ccccc1C2=O. The maximum atomic E-state index is 13.1. The average molecular weight is 318 g/mol. The zero-order valence-corrected chi connectivity index (χ0v) is 13.9. The van der Waals surface area contributed by atoms with E-state index in [1.54, 1.807) is 24.3 Å². The van der Waals surface area contributed by atoms with Gasteiger partial charge in [0.2, 0.25) is 11.6 Å². The lowest BCUT2D eigenvalue weighted by Gasteiger charge is -2.36. The number of anilines is 1. The third-order valence-corrected chi connectivity index (χ3v) is 4.67. The van der Waals surface area contributed by atoms with E-state index in [0.29, 0.717) is 22.5 Å². The normalized spacial score (nSPS) is 18.4. The summed E-state index contributed by atoms with van der Waals surface area (Å²) in [4.78, 5) is 28.0. The molecule has 24 heavy (non-hydrogen) atoms. The molecule has 0 atom stereocenters. The number of hydrogen-bond acceptors (Lipinski definition) is 4. The van der Waals surface area contributed by atoms with Crippen molar-refractivity contribution in [1.29, 1.82) is 0 Å². The number of para-hydroxylation sites is 1. The van der Waals surface area contributed by atoms with Crippen molar-refractivity contribution < 1.29 is 9.59 Å². The van der Waals surface area contributed by atoms with Crippen molar-refractivity contribution in [3.8, 4) is 0 Å². The van der Waals surface area contributed by atoms with Crippen LogP contribution in [0.15, 0.2) is 59.9 Å². The Balaban J connectivity index is 1.96. The molecule has 4 rings (SSSR count). The summed E-state index contributed by atoms with van der Waals surface area (Å²) in [5.41, 5.74) is 3.20. The van der Waals surface area contributed by atoms with Crippen molar-refractivity contribution in [1.82, 2.24) is 5.32 Å². The van der Waals surface area contributed by atoms with Crippen molar-refractivity contribution >= 4 is 17.3 Å². The van der Waals surface area contributed by atoms with Gasteiger partial charge in [-0.05, 0) is 32.4 Å². The van der Waals surface area contributed by atoms with Crippen LogP contribution in [0.3, 0.4) is 0 Å². The molecule has 2 aromatic rings. The van der Waals surface area contributed by atoms with Crippen molar-refractivity contribution in [2.24, 2.45) is 0 Å². The standard InChI is InChI=1S/C20H18N2O2/c1-12-8-4-7-11-15(12)22-17-16(21-20(22,2)3)18(23)13-9-5-6-10-14(13)19(17)24/h4-11,21H,1-3H3. The molecule has 2 aromatic carbocycles. The summed E-state index contributed by atoms with van der Waals surface area (Å²) in [5, 5.41) is 3.26. The summed E-state index contributed by atoms with van der Waals surface area (Å²) in [5.74, 6) is -0.231. The van der Waals surface area contributed by atoms with E-state index in [2.05, 4.69) is 5.32 Å². The molecule has 1 aliphatic heterocycles. The molecular weight excluding hydrogens is 300 g/mol. The molecule has 0 bridgehead atoms. The number of allylic oxidation sites excluding steroid dienone is 2. The lowest BCUT2D eigenvalue weighted by molar-refractivity contribution is 0.0973. The van der Waals surface area contributed by atoms with Crippen LogP contribution in [0.25, 0.3) is 0 Å². The molecule has 0 radical (unpaired) electrons. The van der Waals surface area contributed by atoms with Gasteiger partial charge < -0.3 is 10.2 Å². The summed E-state index contributed by atoms with van der Waals surface area (Å²) < 4.78 is 0. The first-order chi connectivity index (χ1) is 11.4. The van der Waals surface area contributed by atoms with Gasteiger partial charge in [0.05, 0.1) is 0 Å². The quantitative estimate of drug-likeness (QED) is 0.875. The van der Waals surface area contributed by atoms with E-state index in [1.165, 1.54) is 0 Å². The van der Waals surface area contributed by atoms with E-state index >= 15 is 0 Å². The van der Waals surface area contributed by atoms with Crippen LogP contribution in [-0.2, 0) is 0 Å². The maximum Gasteiger partial charge on any atom is 0.212 e. The minimum absolute atomic E-state index is 0.110. The smallest absolute Gasteiger partial charge is 0.212 e. The van der Waals surface area contributed by atoms with Gasteiger partial charge in [0.25, 0.3) is 0 Å². The summed E-state index contributed by atoms with van der Waals surface area (Å²) in [7, 11) is 0. The number of ketones is 2. The maximum absolute atomic E-state index is 13.1. The van der Waals surface area contributed by atoms with E-state index in [1.807, 2.05) is 49.9 Å². The third kappa shape index (κ3) is 1.86. The fraction of sp³-hybridized carbons (Fsp3) is 0.200. The lowest BCUT2D eigenvalue weighted by atomic mass is 9.90. The average Bonchev–Trinajstić information content (AvgIpc) is 2.85. The number of aryl methyl sites for hydroxylation is 1. The highest BCUT2D eigenvalue weighted by Gasteiger charge is 2.47. The number of rotatable bonds is 1. The minimum Gasteiger partial charge on any atom is -0.358 e. The Kier molecular flexibility index (Phi) is 2.94. The molecule has 4 nitrogen and oxygen atoms in total. The van der Waals surface area contributed by atoms with Crippen LogP contribution in [0.5, 0.6) is 0 Å². The molecule has 0 amide bonds. The number of Topliss-reactive ketones (excluding diaryl/α,β-unsaturated/α-hetero) is 2. The Labute approximate surface area is 140 Å². The number of nitrogens with zero attached hydrogens (tertiary/aromatic N) is 1. The number of benzene rings is 2. The van der Waals surface area contributed by atoms with Gasteiger partial charge in [-0.3, -0.25) is 9.59 Å². The zero-order chi connectivity index (χ0) is 17.1. The molecule has 2 aliphatic rings. The van der Waals surface area contributed by atoms with Gasteiger partial charge >= 0.3 is 0 Å². The highest BCUT2D eigenvalue weighted by atomic mass is 16.1. The van der Waals surface area contributed by atoms with Crippen molar-refractivity contribution in [2.45, 2.75) is 26.4 Å². The highest BCUT2D eigenvalue weighted by molar-refractivity contribution is 6.28. The van der Waals surface area contributed by atoms with Gasteiger partial charge in [-0.1, -0.05) is 42.5 Å². The largest absolute Gasteiger partial charge is 0.358 e. The second-order valence-electron chi connectivity index (χ2n) is 6.73. The Morgan fingerprint density at radius 3 is 2.12 bits per heavy atom. The Hall–Kier alpha value is -2.88. The van der Waals surface area contributed by atoms with Crippen LogP contribution in [0.2, 0.25) is 0 Å². The molecule has 0 fully saturated rings. The molecule has 0 unspecified atom stereocenters. The molecule has 0 spiro atoms. The summed E-state index contributed by atoms with van der Waals surface area (Å²) in [6.45, 7) is 5.96. The second kappa shape index (κ2) is 4.81. The minimum atomic E-state index is -0.565. The Morgan fingerprint density at radius 2 is 1.46 bits per heavy atom. The topological polar surface area (TPSA) is 49.4 Å². The number of carbonyl (C=O) groups is 2. The van der Waals surface area contributed by atoms with Gasteiger partial charge in [-0.15, -0.1) is 0 Å². The van der Waals surface area contributed by atoms with E-state index in [0.717, 1.165) is 11.3 Å². The zero-order valence-electron chi connectivity index (χ0n) is 13.9. The number of hydrogen-bond donors (Lipinski definition) is 1. The first-order valence-corrected chi connectivity index (χ1v) is 7.98. The van der Waals surface area contributed by atoms with Crippen molar-refractivity contribution in [3.63, 3.8) is 0 Å². The van der Waals surface area contributed by atoms with E-state index in [9.17, 15) is 9.59 Å². The van der Waals surface area contributed by atoms with E-state index in [-0.39, 0.29) is 11.6 Å². The summed E-state index contributed by atoms with van der Waals surface area (Å²) in [6, 6.07) is 14.9. The summed E-state index contributed by atoms with van der Waals surface area (Å²) in [6.07, 6.45) is 0. The second-order valence-corrected chi connectivity index (χ2v) is 6.73. The molecule has 1 N–H and O–H groups in total. The van der Waals surface area contributed by atoms with Gasteiger partial charge in [0, 0.05) is 16.8 Å². The highest BCUT2D eigenvalue weighted by Crippen LogP contribution is 2.40. The number of carbonyl (C=O) groups excluding carboxylic acids is 2. The van der Waals surface area contributed by atoms with Crippen LogP contribution in [0.1, 0.15) is 40.1 Å². The Morgan fingerprint density at radius 1 is 0.875 bits per heavy atom. The first kappa shape index (κ1) is 14.7. The lowest BCUT2D eigenvalue weighted by Crippen LogP contribution is -2.48. The fourth-order valence-electron chi connectivity index (χ4n) is 3.57. The van der Waals surface area contributed by atoms with Gasteiger partial charge in [0.1, 0.15) is 17.1 Å². The molecular formula is C20H18N2O2. The summed E-state index contributed by atoms with van der Waals surface area (Å²) >= 11 is 0. The predicted octanol–water partition coefficient (Wildman–Crippen LogP) is 3.43. The molecule has 1 aliphatic carbocycles. The molecule has 0 saturated carbocycles. The van der Waals surface area contributed by atoms with Crippen LogP contribution in [0, 0.1) is 6.92 Å². The number of fused-ring (bicyclic) bond motifs is 1. The van der Waals surface area contributed by atoms with Gasteiger partial charge in [-0.25, -0.2) is 0 Å². The van der Waals surface area contributed by atoms with Crippen LogP contribution < -0.4 is 10.2 Å². The van der Waals surface area contributed by atoms with Crippen molar-refractivity contribution in [3.05, 3.63) is 76.6 Å². The fourth-order valence-corrected chi connectivity index (χ4v) is 3.57. The van der Waals surface area contributed by atoms with Gasteiger partial charge in [-0.2, -0.15) is 0 Å². The third-order valence-electron chi connectivity index (χ3n) is 4.67. The molecule has 0 aromatic heterocycles. The Bertz CT molecular complexity index is 925. The molecule has 120 valence electrons. The first-order valence-electron chi connectivity index (χ1n) is 7.98. The monoisotopic (exact) mass is 318 g/mol. The van der Waals surface area contributed by atoms with Crippen molar-refractivity contribution in [2.75, 3.05) is 4.90 Å². The predicted molar refractivity (Wildman–Crippen MR) is 93.0 cm³/mol. The molecule has 0 saturated heterocycles. The molecule has 4 heteroatoms. The molecule has 1 heterocycles. The van der Waals surface area contributed by atoms with E-state index in [4.69, 9.17) is 0 Å². The number of nitrogens with one attached hydrogen (secondary N) is 1.